The van der Waals surface area contributed by atoms with Crippen molar-refractivity contribution >= 4 is 40.7 Å². The summed E-state index contributed by atoms with van der Waals surface area (Å²) >= 11 is 11.9. The number of benzene rings is 1. The van der Waals surface area contributed by atoms with Gasteiger partial charge in [0.05, 0.1) is 15.7 Å². The molecule has 0 bridgehead atoms. The lowest BCUT2D eigenvalue weighted by atomic mass is 10.3. The Morgan fingerprint density at radius 3 is 2.65 bits per heavy atom. The minimum Gasteiger partial charge on any atom is -0.339 e. The zero-order chi connectivity index (χ0) is 14.7. The van der Waals surface area contributed by atoms with E-state index in [1.54, 1.807) is 23.1 Å². The molecule has 1 fully saturated rings. The average molecular weight is 315 g/mol. The van der Waals surface area contributed by atoms with Gasteiger partial charge < -0.3 is 10.2 Å². The third-order valence-electron chi connectivity index (χ3n) is 3.20. The molecule has 0 aromatic heterocycles. The smallest absolute Gasteiger partial charge is 0.226 e. The van der Waals surface area contributed by atoms with Crippen LogP contribution in [0.1, 0.15) is 26.2 Å². The number of carbonyl (C=O) groups is 2. The highest BCUT2D eigenvalue weighted by Crippen LogP contribution is 2.30. The number of nitrogens with one attached hydrogen (secondary N) is 1. The molecule has 0 heterocycles. The van der Waals surface area contributed by atoms with Crippen LogP contribution in [-0.4, -0.2) is 29.3 Å². The third-order valence-corrected chi connectivity index (χ3v) is 4.02. The SMILES string of the molecule is CC(=O)N(CCC(=O)Nc1cccc(Cl)c1Cl)C1CC1. The van der Waals surface area contributed by atoms with E-state index in [0.29, 0.717) is 28.3 Å². The number of halogens is 2. The van der Waals surface area contributed by atoms with Gasteiger partial charge in [0, 0.05) is 25.9 Å². The van der Waals surface area contributed by atoms with Crippen molar-refractivity contribution in [2.45, 2.75) is 32.2 Å². The summed E-state index contributed by atoms with van der Waals surface area (Å²) in [5.74, 6) is -0.165. The molecule has 0 unspecified atom stereocenters. The Morgan fingerprint density at radius 2 is 2.05 bits per heavy atom. The number of hydrogen-bond donors (Lipinski definition) is 1. The fourth-order valence-electron chi connectivity index (χ4n) is 2.02. The highest BCUT2D eigenvalue weighted by atomic mass is 35.5. The van der Waals surface area contributed by atoms with Crippen LogP contribution in [0, 0.1) is 0 Å². The average Bonchev–Trinajstić information content (AvgIpc) is 3.19. The van der Waals surface area contributed by atoms with Crippen molar-refractivity contribution in [1.82, 2.24) is 4.90 Å². The number of amides is 2. The topological polar surface area (TPSA) is 49.4 Å². The standard InChI is InChI=1S/C14H16Cl2N2O2/c1-9(19)18(10-5-6-10)8-7-13(20)17-12-4-2-3-11(15)14(12)16/h2-4,10H,5-8H2,1H3,(H,17,20). The number of rotatable bonds is 5. The Balaban J connectivity index is 1.89. The van der Waals surface area contributed by atoms with Crippen LogP contribution in [0.4, 0.5) is 5.69 Å². The summed E-state index contributed by atoms with van der Waals surface area (Å²) in [4.78, 5) is 25.1. The normalized spacial score (nSPS) is 13.9. The Morgan fingerprint density at radius 1 is 1.35 bits per heavy atom. The summed E-state index contributed by atoms with van der Waals surface area (Å²) in [5, 5.41) is 3.43. The fraction of sp³-hybridized carbons (Fsp3) is 0.429. The van der Waals surface area contributed by atoms with Crippen LogP contribution >= 0.6 is 23.2 Å². The van der Waals surface area contributed by atoms with Gasteiger partial charge in [-0.1, -0.05) is 29.3 Å². The lowest BCUT2D eigenvalue weighted by molar-refractivity contribution is -0.129. The largest absolute Gasteiger partial charge is 0.339 e. The molecule has 6 heteroatoms. The van der Waals surface area contributed by atoms with Crippen LogP contribution in [-0.2, 0) is 9.59 Å². The molecule has 0 spiro atoms. The second kappa shape index (κ2) is 6.46. The Kier molecular flexibility index (Phi) is 4.89. The van der Waals surface area contributed by atoms with Crippen molar-refractivity contribution in [2.75, 3.05) is 11.9 Å². The lowest BCUT2D eigenvalue weighted by Crippen LogP contribution is -2.33. The Bertz CT molecular complexity index is 530. The first-order chi connectivity index (χ1) is 9.49. The third kappa shape index (κ3) is 3.87. The van der Waals surface area contributed by atoms with Gasteiger partial charge in [-0.25, -0.2) is 0 Å². The van der Waals surface area contributed by atoms with Crippen LogP contribution in [0.25, 0.3) is 0 Å². The maximum atomic E-state index is 11.9. The van der Waals surface area contributed by atoms with Crippen molar-refractivity contribution in [1.29, 1.82) is 0 Å². The molecule has 20 heavy (non-hydrogen) atoms. The quantitative estimate of drug-likeness (QED) is 0.906. The van der Waals surface area contributed by atoms with Gasteiger partial charge in [-0.05, 0) is 25.0 Å². The molecule has 0 radical (unpaired) electrons. The van der Waals surface area contributed by atoms with Gasteiger partial charge in [0.2, 0.25) is 11.8 Å². The summed E-state index contributed by atoms with van der Waals surface area (Å²) in [5.41, 5.74) is 0.491. The highest BCUT2D eigenvalue weighted by molar-refractivity contribution is 6.43. The molecule has 2 amide bonds. The molecule has 1 aromatic carbocycles. The minimum absolute atomic E-state index is 0.0149. The van der Waals surface area contributed by atoms with Crippen molar-refractivity contribution in [2.24, 2.45) is 0 Å². The number of anilines is 1. The molecule has 108 valence electrons. The number of nitrogens with zero attached hydrogens (tertiary/aromatic N) is 1. The van der Waals surface area contributed by atoms with Crippen LogP contribution in [0.5, 0.6) is 0 Å². The fourth-order valence-corrected chi connectivity index (χ4v) is 2.37. The van der Waals surface area contributed by atoms with Gasteiger partial charge in [-0.3, -0.25) is 9.59 Å². The van der Waals surface area contributed by atoms with E-state index in [-0.39, 0.29) is 18.2 Å². The van der Waals surface area contributed by atoms with Gasteiger partial charge in [-0.2, -0.15) is 0 Å². The van der Waals surface area contributed by atoms with E-state index in [1.807, 2.05) is 0 Å². The summed E-state index contributed by atoms with van der Waals surface area (Å²) in [6, 6.07) is 5.38. The van der Waals surface area contributed by atoms with Crippen molar-refractivity contribution < 1.29 is 9.59 Å². The predicted molar refractivity (Wildman–Crippen MR) is 80.1 cm³/mol. The Hall–Kier alpha value is -1.26. The highest BCUT2D eigenvalue weighted by Gasteiger charge is 2.30. The van der Waals surface area contributed by atoms with E-state index in [1.165, 1.54) is 6.92 Å². The number of hydrogen-bond acceptors (Lipinski definition) is 2. The van der Waals surface area contributed by atoms with Gasteiger partial charge in [0.15, 0.2) is 0 Å². The van der Waals surface area contributed by atoms with Crippen molar-refractivity contribution in [3.8, 4) is 0 Å². The summed E-state index contributed by atoms with van der Waals surface area (Å²) < 4.78 is 0. The second-order valence-corrected chi connectivity index (χ2v) is 5.63. The van der Waals surface area contributed by atoms with Gasteiger partial charge in [0.1, 0.15) is 0 Å². The van der Waals surface area contributed by atoms with Gasteiger partial charge in [-0.15, -0.1) is 0 Å². The Labute approximate surface area is 128 Å². The van der Waals surface area contributed by atoms with Crippen molar-refractivity contribution in [3.05, 3.63) is 28.2 Å². The predicted octanol–water partition coefficient (Wildman–Crippen LogP) is 3.33. The lowest BCUT2D eigenvalue weighted by Gasteiger charge is -2.20. The molecule has 4 nitrogen and oxygen atoms in total. The van der Waals surface area contributed by atoms with Crippen molar-refractivity contribution in [3.63, 3.8) is 0 Å². The zero-order valence-electron chi connectivity index (χ0n) is 11.2. The van der Waals surface area contributed by atoms with E-state index < -0.39 is 0 Å². The first-order valence-corrected chi connectivity index (χ1v) is 7.25. The summed E-state index contributed by atoms with van der Waals surface area (Å²) in [6.07, 6.45) is 2.31. The molecule has 1 aliphatic rings. The van der Waals surface area contributed by atoms with Crippen LogP contribution in [0.15, 0.2) is 18.2 Å². The first kappa shape index (κ1) is 15.1. The number of carbonyl (C=O) groups excluding carboxylic acids is 2. The monoisotopic (exact) mass is 314 g/mol. The van der Waals surface area contributed by atoms with E-state index >= 15 is 0 Å². The minimum atomic E-state index is -0.180. The van der Waals surface area contributed by atoms with Gasteiger partial charge >= 0.3 is 0 Å². The molecule has 1 aliphatic carbocycles. The van der Waals surface area contributed by atoms with E-state index in [4.69, 9.17) is 23.2 Å². The van der Waals surface area contributed by atoms with E-state index in [9.17, 15) is 9.59 Å². The first-order valence-electron chi connectivity index (χ1n) is 6.50. The summed E-state index contributed by atoms with van der Waals surface area (Å²) in [6.45, 7) is 1.97. The van der Waals surface area contributed by atoms with Crippen LogP contribution < -0.4 is 5.32 Å². The molecule has 1 aromatic rings. The van der Waals surface area contributed by atoms with E-state index in [0.717, 1.165) is 12.8 Å². The zero-order valence-corrected chi connectivity index (χ0v) is 12.7. The van der Waals surface area contributed by atoms with Crippen LogP contribution in [0.3, 0.4) is 0 Å². The van der Waals surface area contributed by atoms with Gasteiger partial charge in [0.25, 0.3) is 0 Å². The maximum Gasteiger partial charge on any atom is 0.226 e. The van der Waals surface area contributed by atoms with Crippen LogP contribution in [0.2, 0.25) is 10.0 Å². The molecular formula is C14H16Cl2N2O2. The maximum absolute atomic E-state index is 11.9. The molecule has 0 saturated heterocycles. The molecule has 1 saturated carbocycles. The molecule has 0 aliphatic heterocycles. The molecular weight excluding hydrogens is 299 g/mol. The molecule has 0 atom stereocenters. The van der Waals surface area contributed by atoms with E-state index in [2.05, 4.69) is 5.32 Å². The summed E-state index contributed by atoms with van der Waals surface area (Å²) in [7, 11) is 0. The molecule has 2 rings (SSSR count). The second-order valence-electron chi connectivity index (χ2n) is 4.84. The molecule has 1 N–H and O–H groups in total.